The highest BCUT2D eigenvalue weighted by molar-refractivity contribution is 8.21. The lowest BCUT2D eigenvalue weighted by atomic mass is 10.2. The summed E-state index contributed by atoms with van der Waals surface area (Å²) >= 11 is 1.15. The monoisotopic (exact) mass is 248 g/mol. The quantitative estimate of drug-likeness (QED) is 0.715. The first-order valence-electron chi connectivity index (χ1n) is 5.35. The number of nitrogens with zero attached hydrogens (tertiary/aromatic N) is 1. The zero-order valence-corrected chi connectivity index (χ0v) is 10.9. The number of hydrogen-bond donors (Lipinski definition) is 0. The van der Waals surface area contributed by atoms with Gasteiger partial charge in [-0.2, -0.15) is 4.48 Å². The van der Waals surface area contributed by atoms with E-state index in [9.17, 15) is 9.59 Å². The van der Waals surface area contributed by atoms with Gasteiger partial charge in [-0.3, -0.25) is 0 Å². The van der Waals surface area contributed by atoms with Gasteiger partial charge in [0.1, 0.15) is 5.70 Å². The van der Waals surface area contributed by atoms with Crippen LogP contribution in [0.1, 0.15) is 19.4 Å². The molecule has 2 rings (SSSR count). The van der Waals surface area contributed by atoms with Crippen LogP contribution in [0.25, 0.3) is 4.91 Å². The Morgan fingerprint density at radius 3 is 2.29 bits per heavy atom. The van der Waals surface area contributed by atoms with Crippen LogP contribution in [-0.4, -0.2) is 22.7 Å². The van der Waals surface area contributed by atoms with E-state index in [1.54, 1.807) is 7.05 Å². The molecule has 0 radical (unpaired) electrons. The van der Waals surface area contributed by atoms with Crippen LogP contribution in [0.4, 0.5) is 4.79 Å². The zero-order valence-electron chi connectivity index (χ0n) is 10.1. The van der Waals surface area contributed by atoms with Crippen LogP contribution in [-0.2, 0) is 4.79 Å². The van der Waals surface area contributed by atoms with E-state index in [1.165, 1.54) is 6.92 Å². The molecule has 1 heterocycles. The highest BCUT2D eigenvalue weighted by Gasteiger charge is 2.48. The normalized spacial score (nSPS) is 24.3. The van der Waals surface area contributed by atoms with Gasteiger partial charge in [0.05, 0.1) is 18.9 Å². The van der Waals surface area contributed by atoms with Gasteiger partial charge >= 0.3 is 11.1 Å². The van der Waals surface area contributed by atoms with Crippen molar-refractivity contribution in [1.82, 2.24) is 0 Å². The molecule has 1 aliphatic heterocycles. The molecular formula is C13H14NO2S+. The molecule has 1 aromatic carbocycles. The summed E-state index contributed by atoms with van der Waals surface area (Å²) in [6, 6.07) is 9.69. The fourth-order valence-electron chi connectivity index (χ4n) is 1.81. The molecule has 0 saturated heterocycles. The molecule has 0 bridgehead atoms. The van der Waals surface area contributed by atoms with Crippen LogP contribution in [0.5, 0.6) is 0 Å². The number of amides is 2. The van der Waals surface area contributed by atoms with Crippen molar-refractivity contribution in [2.75, 3.05) is 7.05 Å². The van der Waals surface area contributed by atoms with Gasteiger partial charge < -0.3 is 0 Å². The number of imide groups is 1. The third-order valence-corrected chi connectivity index (χ3v) is 4.49. The standard InChI is InChI=1S/C13H14NO2S/c1-9-12(11-7-5-4-6-8-11)17-13(16)14(9,3)10(2)15/h4-8H,1-3H3/q+1. The van der Waals surface area contributed by atoms with E-state index < -0.39 is 0 Å². The van der Waals surface area contributed by atoms with E-state index in [1.807, 2.05) is 37.3 Å². The van der Waals surface area contributed by atoms with Gasteiger partial charge in [-0.25, -0.2) is 9.59 Å². The van der Waals surface area contributed by atoms with Gasteiger partial charge in [0, 0.05) is 18.7 Å². The minimum Gasteiger partial charge on any atom is -0.230 e. The molecule has 3 nitrogen and oxygen atoms in total. The van der Waals surface area contributed by atoms with E-state index in [-0.39, 0.29) is 15.6 Å². The summed E-state index contributed by atoms with van der Waals surface area (Å²) in [4.78, 5) is 24.6. The largest absolute Gasteiger partial charge is 0.392 e. The Balaban J connectivity index is 2.55. The molecule has 0 fully saturated rings. The third-order valence-electron chi connectivity index (χ3n) is 3.22. The van der Waals surface area contributed by atoms with Crippen molar-refractivity contribution in [3.05, 3.63) is 41.6 Å². The number of hydrogen-bond acceptors (Lipinski definition) is 3. The van der Waals surface area contributed by atoms with Crippen molar-refractivity contribution in [1.29, 1.82) is 0 Å². The summed E-state index contributed by atoms with van der Waals surface area (Å²) < 4.78 is -0.227. The third kappa shape index (κ3) is 1.73. The predicted molar refractivity (Wildman–Crippen MR) is 68.9 cm³/mol. The molecule has 0 spiro atoms. The zero-order chi connectivity index (χ0) is 12.6. The van der Waals surface area contributed by atoms with Gasteiger partial charge in [0.25, 0.3) is 0 Å². The second-order valence-electron chi connectivity index (χ2n) is 4.17. The van der Waals surface area contributed by atoms with Gasteiger partial charge in [-0.1, -0.05) is 30.3 Å². The Morgan fingerprint density at radius 1 is 1.24 bits per heavy atom. The summed E-state index contributed by atoms with van der Waals surface area (Å²) in [6.45, 7) is 3.30. The topological polar surface area (TPSA) is 34.1 Å². The number of carbonyl (C=O) groups is 2. The molecule has 88 valence electrons. The molecule has 1 aliphatic rings. The minimum atomic E-state index is -0.227. The predicted octanol–water partition coefficient (Wildman–Crippen LogP) is 3.24. The van der Waals surface area contributed by atoms with Crippen LogP contribution < -0.4 is 0 Å². The Labute approximate surface area is 105 Å². The van der Waals surface area contributed by atoms with E-state index in [2.05, 4.69) is 0 Å². The molecule has 1 aromatic rings. The van der Waals surface area contributed by atoms with Crippen LogP contribution in [0.3, 0.4) is 0 Å². The molecule has 0 saturated carbocycles. The average Bonchev–Trinajstić information content (AvgIpc) is 2.56. The molecule has 0 aliphatic carbocycles. The first-order chi connectivity index (χ1) is 7.98. The van der Waals surface area contributed by atoms with Crippen molar-refractivity contribution in [2.45, 2.75) is 13.8 Å². The molecule has 4 heteroatoms. The van der Waals surface area contributed by atoms with E-state index >= 15 is 0 Å². The Morgan fingerprint density at radius 2 is 1.82 bits per heavy atom. The maximum Gasteiger partial charge on any atom is 0.392 e. The van der Waals surface area contributed by atoms with Crippen molar-refractivity contribution in [3.8, 4) is 0 Å². The molecular weight excluding hydrogens is 234 g/mol. The molecule has 0 aromatic heterocycles. The summed E-state index contributed by atoms with van der Waals surface area (Å²) in [5.74, 6) is -0.147. The second kappa shape index (κ2) is 4.13. The smallest absolute Gasteiger partial charge is 0.230 e. The molecule has 0 N–H and O–H groups in total. The average molecular weight is 248 g/mol. The van der Waals surface area contributed by atoms with Gasteiger partial charge in [0.15, 0.2) is 0 Å². The van der Waals surface area contributed by atoms with Crippen LogP contribution in [0.15, 0.2) is 36.0 Å². The molecule has 2 amide bonds. The highest BCUT2D eigenvalue weighted by Crippen LogP contribution is 2.44. The van der Waals surface area contributed by atoms with E-state index in [4.69, 9.17) is 0 Å². The van der Waals surface area contributed by atoms with Crippen LogP contribution in [0.2, 0.25) is 0 Å². The number of quaternary nitrogens is 1. The minimum absolute atomic E-state index is 0.131. The van der Waals surface area contributed by atoms with Crippen LogP contribution in [0, 0.1) is 0 Å². The van der Waals surface area contributed by atoms with Crippen molar-refractivity contribution < 1.29 is 14.1 Å². The lowest BCUT2D eigenvalue weighted by Gasteiger charge is -2.21. The Bertz CT molecular complexity index is 521. The maximum absolute atomic E-state index is 12.0. The number of thioether (sulfide) groups is 1. The van der Waals surface area contributed by atoms with Gasteiger partial charge in [-0.15, -0.1) is 0 Å². The Hall–Kier alpha value is -1.39. The van der Waals surface area contributed by atoms with Gasteiger partial charge in [0.2, 0.25) is 0 Å². The van der Waals surface area contributed by atoms with Crippen molar-refractivity contribution in [3.63, 3.8) is 0 Å². The molecule has 17 heavy (non-hydrogen) atoms. The van der Waals surface area contributed by atoms with E-state index in [0.717, 1.165) is 27.9 Å². The SMILES string of the molecule is CC(=O)[N+]1(C)C(=O)SC(c2ccccc2)=C1C. The summed E-state index contributed by atoms with van der Waals surface area (Å²) in [5, 5.41) is -0.131. The van der Waals surface area contributed by atoms with Crippen molar-refractivity contribution >= 4 is 27.8 Å². The first-order valence-corrected chi connectivity index (χ1v) is 6.16. The lowest BCUT2D eigenvalue weighted by Crippen LogP contribution is -2.46. The number of rotatable bonds is 1. The van der Waals surface area contributed by atoms with E-state index in [0.29, 0.717) is 0 Å². The molecule has 1 atom stereocenters. The second-order valence-corrected chi connectivity index (χ2v) is 5.14. The number of benzene rings is 1. The molecule has 1 unspecified atom stereocenters. The van der Waals surface area contributed by atoms with Gasteiger partial charge in [-0.05, 0) is 5.56 Å². The first kappa shape index (κ1) is 12.1. The summed E-state index contributed by atoms with van der Waals surface area (Å²) in [7, 11) is 1.66. The fraction of sp³-hybridized carbons (Fsp3) is 0.231. The number of carbonyl (C=O) groups excluding carboxylic acids is 2. The lowest BCUT2D eigenvalue weighted by molar-refractivity contribution is -0.699. The highest BCUT2D eigenvalue weighted by atomic mass is 32.2. The van der Waals surface area contributed by atoms with Crippen LogP contribution >= 0.6 is 11.8 Å². The fourth-order valence-corrected chi connectivity index (χ4v) is 3.02. The summed E-state index contributed by atoms with van der Waals surface area (Å²) in [6.07, 6.45) is 0. The number of allylic oxidation sites excluding steroid dienone is 1. The summed E-state index contributed by atoms with van der Waals surface area (Å²) in [5.41, 5.74) is 1.80. The maximum atomic E-state index is 12.0. The Kier molecular flexibility index (Phi) is 2.93. The van der Waals surface area contributed by atoms with Crippen molar-refractivity contribution in [2.24, 2.45) is 0 Å².